The molecule has 0 aliphatic carbocycles. The number of hydrogen-bond acceptors (Lipinski definition) is 6. The zero-order valence-corrected chi connectivity index (χ0v) is 15.4. The van der Waals surface area contributed by atoms with E-state index >= 15 is 0 Å². The summed E-state index contributed by atoms with van der Waals surface area (Å²) >= 11 is 0. The number of fused-ring (bicyclic) bond motifs is 1. The zero-order chi connectivity index (χ0) is 19.9. The van der Waals surface area contributed by atoms with Gasteiger partial charge in [0.2, 0.25) is 6.10 Å². The molecule has 3 rings (SSSR count). The van der Waals surface area contributed by atoms with Crippen molar-refractivity contribution in [3.8, 4) is 11.5 Å². The number of para-hydroxylation sites is 2. The Morgan fingerprint density at radius 3 is 2.46 bits per heavy atom. The second kappa shape index (κ2) is 9.03. The number of amides is 1. The standard InChI is InChI=1S/C21H21NO6/c1-14(23)16(11-15-7-3-2-4-8-15)22-20(24)13-27-21(25)19-12-26-17-9-5-6-10-18(17)28-19/h2-10,16,19H,11-13H2,1H3,(H,22,24)/t16-,19+/m0/s1. The predicted molar refractivity (Wildman–Crippen MR) is 100 cm³/mol. The molecule has 7 heteroatoms. The molecule has 2 atom stereocenters. The van der Waals surface area contributed by atoms with Crippen LogP contribution in [0.3, 0.4) is 0 Å². The van der Waals surface area contributed by atoms with Gasteiger partial charge in [0.25, 0.3) is 5.91 Å². The van der Waals surface area contributed by atoms with E-state index < -0.39 is 30.6 Å². The number of benzene rings is 2. The fraction of sp³-hybridized carbons (Fsp3) is 0.286. The minimum atomic E-state index is -0.948. The molecule has 2 aromatic carbocycles. The van der Waals surface area contributed by atoms with Gasteiger partial charge >= 0.3 is 5.97 Å². The van der Waals surface area contributed by atoms with Crippen LogP contribution in [-0.4, -0.2) is 43.0 Å². The van der Waals surface area contributed by atoms with E-state index in [0.29, 0.717) is 17.9 Å². The van der Waals surface area contributed by atoms with Gasteiger partial charge in [-0.15, -0.1) is 0 Å². The van der Waals surface area contributed by atoms with E-state index in [1.165, 1.54) is 6.92 Å². The van der Waals surface area contributed by atoms with Crippen LogP contribution in [0.2, 0.25) is 0 Å². The van der Waals surface area contributed by atoms with Crippen LogP contribution in [0.5, 0.6) is 11.5 Å². The summed E-state index contributed by atoms with van der Waals surface area (Å²) in [4.78, 5) is 36.1. The van der Waals surface area contributed by atoms with Crippen molar-refractivity contribution < 1.29 is 28.6 Å². The van der Waals surface area contributed by atoms with Crippen LogP contribution >= 0.6 is 0 Å². The van der Waals surface area contributed by atoms with Gasteiger partial charge in [0.1, 0.15) is 6.61 Å². The van der Waals surface area contributed by atoms with Crippen molar-refractivity contribution in [2.75, 3.05) is 13.2 Å². The number of carbonyl (C=O) groups is 3. The summed E-state index contributed by atoms with van der Waals surface area (Å²) in [7, 11) is 0. The van der Waals surface area contributed by atoms with E-state index in [1.807, 2.05) is 30.3 Å². The molecule has 0 unspecified atom stereocenters. The number of Topliss-reactive ketones (excluding diaryl/α,β-unsaturated/α-hetero) is 1. The third-order valence-corrected chi connectivity index (χ3v) is 4.23. The Hall–Kier alpha value is -3.35. The number of nitrogens with one attached hydrogen (secondary N) is 1. The van der Waals surface area contributed by atoms with Crippen molar-refractivity contribution in [3.05, 3.63) is 60.2 Å². The van der Waals surface area contributed by atoms with Gasteiger partial charge in [-0.2, -0.15) is 0 Å². The molecule has 0 saturated heterocycles. The van der Waals surface area contributed by atoms with E-state index in [-0.39, 0.29) is 12.4 Å². The molecule has 1 aliphatic heterocycles. The van der Waals surface area contributed by atoms with Crippen LogP contribution < -0.4 is 14.8 Å². The SMILES string of the molecule is CC(=O)[C@H](Cc1ccccc1)NC(=O)COC(=O)[C@H]1COc2ccccc2O1. The van der Waals surface area contributed by atoms with Gasteiger partial charge in [0, 0.05) is 0 Å². The number of rotatable bonds is 7. The van der Waals surface area contributed by atoms with E-state index in [1.54, 1.807) is 24.3 Å². The van der Waals surface area contributed by atoms with Gasteiger partial charge in [-0.05, 0) is 31.0 Å². The van der Waals surface area contributed by atoms with Crippen LogP contribution in [0, 0.1) is 0 Å². The molecule has 0 spiro atoms. The van der Waals surface area contributed by atoms with Crippen LogP contribution in [-0.2, 0) is 25.5 Å². The van der Waals surface area contributed by atoms with E-state index in [9.17, 15) is 14.4 Å². The number of esters is 1. The molecule has 1 amide bonds. The Morgan fingerprint density at radius 2 is 1.75 bits per heavy atom. The van der Waals surface area contributed by atoms with Crippen LogP contribution in [0.4, 0.5) is 0 Å². The van der Waals surface area contributed by atoms with Gasteiger partial charge in [-0.25, -0.2) is 4.79 Å². The van der Waals surface area contributed by atoms with Crippen LogP contribution in [0.1, 0.15) is 12.5 Å². The highest BCUT2D eigenvalue weighted by atomic mass is 16.6. The maximum Gasteiger partial charge on any atom is 0.351 e. The van der Waals surface area contributed by atoms with Crippen molar-refractivity contribution in [2.24, 2.45) is 0 Å². The Labute approximate surface area is 162 Å². The van der Waals surface area contributed by atoms with E-state index in [4.69, 9.17) is 14.2 Å². The van der Waals surface area contributed by atoms with Gasteiger partial charge in [0.15, 0.2) is 23.9 Å². The topological polar surface area (TPSA) is 90.9 Å². The third-order valence-electron chi connectivity index (χ3n) is 4.23. The first-order valence-electron chi connectivity index (χ1n) is 8.92. The minimum absolute atomic E-state index is 0.00153. The van der Waals surface area contributed by atoms with Crippen molar-refractivity contribution in [1.82, 2.24) is 5.32 Å². The number of carbonyl (C=O) groups excluding carboxylic acids is 3. The zero-order valence-electron chi connectivity index (χ0n) is 15.4. The molecule has 146 valence electrons. The average Bonchev–Trinajstić information content (AvgIpc) is 2.72. The summed E-state index contributed by atoms with van der Waals surface area (Å²) < 4.78 is 16.0. The molecule has 28 heavy (non-hydrogen) atoms. The highest BCUT2D eigenvalue weighted by molar-refractivity contribution is 5.89. The molecule has 0 bridgehead atoms. The van der Waals surface area contributed by atoms with Crippen LogP contribution in [0.25, 0.3) is 0 Å². The van der Waals surface area contributed by atoms with Gasteiger partial charge in [0.05, 0.1) is 6.04 Å². The lowest BCUT2D eigenvalue weighted by atomic mass is 10.0. The highest BCUT2D eigenvalue weighted by Gasteiger charge is 2.29. The first kappa shape index (κ1) is 19.4. The summed E-state index contributed by atoms with van der Waals surface area (Å²) in [5, 5.41) is 2.60. The summed E-state index contributed by atoms with van der Waals surface area (Å²) in [6.45, 7) is 0.908. The van der Waals surface area contributed by atoms with Gasteiger partial charge in [-0.1, -0.05) is 42.5 Å². The van der Waals surface area contributed by atoms with Crippen molar-refractivity contribution in [3.63, 3.8) is 0 Å². The van der Waals surface area contributed by atoms with Crippen molar-refractivity contribution >= 4 is 17.7 Å². The molecule has 2 aromatic rings. The second-order valence-electron chi connectivity index (χ2n) is 6.39. The number of ether oxygens (including phenoxy) is 3. The predicted octanol–water partition coefficient (Wildman–Crippen LogP) is 1.69. The Balaban J connectivity index is 1.49. The molecule has 0 saturated carbocycles. The minimum Gasteiger partial charge on any atom is -0.485 e. The lowest BCUT2D eigenvalue weighted by Crippen LogP contribution is -2.44. The largest absolute Gasteiger partial charge is 0.485 e. The maximum atomic E-state index is 12.1. The first-order valence-corrected chi connectivity index (χ1v) is 8.92. The average molecular weight is 383 g/mol. The quantitative estimate of drug-likeness (QED) is 0.732. The third kappa shape index (κ3) is 5.09. The van der Waals surface area contributed by atoms with Crippen LogP contribution in [0.15, 0.2) is 54.6 Å². The smallest absolute Gasteiger partial charge is 0.351 e. The fourth-order valence-corrected chi connectivity index (χ4v) is 2.75. The molecule has 0 fully saturated rings. The van der Waals surface area contributed by atoms with Gasteiger partial charge < -0.3 is 19.5 Å². The molecule has 1 aliphatic rings. The summed E-state index contributed by atoms with van der Waals surface area (Å²) in [5.74, 6) is -0.438. The number of hydrogen-bond donors (Lipinski definition) is 1. The lowest BCUT2D eigenvalue weighted by molar-refractivity contribution is -0.157. The normalized spacial score (nSPS) is 16.0. The highest BCUT2D eigenvalue weighted by Crippen LogP contribution is 2.31. The Kier molecular flexibility index (Phi) is 6.26. The Bertz CT molecular complexity index is 851. The lowest BCUT2D eigenvalue weighted by Gasteiger charge is -2.25. The monoisotopic (exact) mass is 383 g/mol. The molecule has 1 N–H and O–H groups in total. The first-order chi connectivity index (χ1) is 13.5. The number of ketones is 1. The van der Waals surface area contributed by atoms with E-state index in [0.717, 1.165) is 5.56 Å². The fourth-order valence-electron chi connectivity index (χ4n) is 2.75. The Morgan fingerprint density at radius 1 is 1.07 bits per heavy atom. The molecule has 1 heterocycles. The van der Waals surface area contributed by atoms with Gasteiger partial charge in [-0.3, -0.25) is 9.59 Å². The van der Waals surface area contributed by atoms with Crippen molar-refractivity contribution in [2.45, 2.75) is 25.5 Å². The second-order valence-corrected chi connectivity index (χ2v) is 6.39. The van der Waals surface area contributed by atoms with E-state index in [2.05, 4.69) is 5.32 Å². The summed E-state index contributed by atoms with van der Waals surface area (Å²) in [5.41, 5.74) is 0.923. The molecular formula is C21H21NO6. The molecular weight excluding hydrogens is 362 g/mol. The summed E-state index contributed by atoms with van der Waals surface area (Å²) in [6, 6.07) is 15.6. The maximum absolute atomic E-state index is 12.1. The summed E-state index contributed by atoms with van der Waals surface area (Å²) in [6.07, 6.45) is -0.581. The molecule has 0 aromatic heterocycles. The van der Waals surface area contributed by atoms with Crippen molar-refractivity contribution in [1.29, 1.82) is 0 Å². The molecule has 7 nitrogen and oxygen atoms in total. The molecule has 0 radical (unpaired) electrons.